The number of Topliss-reactive ketones (excluding diaryl/α,β-unsaturated/α-hetero) is 1. The second kappa shape index (κ2) is 5.54. The van der Waals surface area contributed by atoms with Crippen LogP contribution < -0.4 is 0 Å². The molecule has 3 heteroatoms. The first-order valence-electron chi connectivity index (χ1n) is 6.55. The quantitative estimate of drug-likeness (QED) is 0.757. The molecule has 0 bridgehead atoms. The van der Waals surface area contributed by atoms with Crippen LogP contribution in [0.4, 0.5) is 0 Å². The first kappa shape index (κ1) is 12.4. The Hall–Kier alpha value is -0.0200. The van der Waals surface area contributed by atoms with Crippen molar-refractivity contribution < 1.29 is 4.79 Å². The number of carbonyl (C=O) groups excluding carboxylic acids is 1. The lowest BCUT2D eigenvalue weighted by Crippen LogP contribution is -2.41. The maximum Gasteiger partial charge on any atom is 0.136 e. The molecule has 1 aliphatic heterocycles. The third-order valence-electron chi connectivity index (χ3n) is 3.72. The number of carbonyl (C=O) groups is 1. The first-order valence-corrected chi connectivity index (χ1v) is 7.50. The van der Waals surface area contributed by atoms with E-state index in [2.05, 4.69) is 30.5 Å². The van der Waals surface area contributed by atoms with Crippen molar-refractivity contribution in [1.82, 2.24) is 4.90 Å². The number of rotatable bonds is 3. The van der Waals surface area contributed by atoms with Gasteiger partial charge in [0.2, 0.25) is 0 Å². The molecule has 2 rings (SSSR count). The predicted molar refractivity (Wildman–Crippen MR) is 69.9 cm³/mol. The summed E-state index contributed by atoms with van der Waals surface area (Å²) < 4.78 is 0. The zero-order chi connectivity index (χ0) is 11.5. The van der Waals surface area contributed by atoms with Crippen molar-refractivity contribution in [2.24, 2.45) is 5.92 Å². The van der Waals surface area contributed by atoms with Crippen LogP contribution in [-0.4, -0.2) is 40.8 Å². The Morgan fingerprint density at radius 1 is 1.31 bits per heavy atom. The fourth-order valence-corrected chi connectivity index (χ4v) is 4.39. The summed E-state index contributed by atoms with van der Waals surface area (Å²) in [5, 5.41) is 1.51. The smallest absolute Gasteiger partial charge is 0.136 e. The zero-order valence-corrected chi connectivity index (χ0v) is 11.3. The molecule has 0 radical (unpaired) electrons. The summed E-state index contributed by atoms with van der Waals surface area (Å²) in [5.41, 5.74) is 0. The van der Waals surface area contributed by atoms with Gasteiger partial charge >= 0.3 is 0 Å². The highest BCUT2D eigenvalue weighted by Gasteiger charge is 2.27. The highest BCUT2D eigenvalue weighted by Crippen LogP contribution is 2.27. The second-order valence-corrected chi connectivity index (χ2v) is 7.24. The largest absolute Gasteiger partial charge is 0.301 e. The van der Waals surface area contributed by atoms with Crippen LogP contribution >= 0.6 is 11.8 Å². The maximum absolute atomic E-state index is 11.6. The van der Waals surface area contributed by atoms with Crippen molar-refractivity contribution in [3.8, 4) is 0 Å². The third-order valence-corrected chi connectivity index (χ3v) is 4.95. The molecule has 0 aromatic rings. The van der Waals surface area contributed by atoms with Crippen LogP contribution in [0.2, 0.25) is 0 Å². The minimum atomic E-state index is 0.389. The van der Waals surface area contributed by atoms with Gasteiger partial charge in [0.25, 0.3) is 0 Å². The molecule has 3 atom stereocenters. The molecule has 1 aliphatic carbocycles. The van der Waals surface area contributed by atoms with E-state index in [0.717, 1.165) is 42.7 Å². The first-order chi connectivity index (χ1) is 7.65. The number of hydrogen-bond acceptors (Lipinski definition) is 3. The number of ketones is 1. The Labute approximate surface area is 103 Å². The Balaban J connectivity index is 1.74. The number of nitrogens with zero attached hydrogens (tertiary/aromatic N) is 1. The van der Waals surface area contributed by atoms with Gasteiger partial charge in [-0.1, -0.05) is 13.8 Å². The molecule has 3 unspecified atom stereocenters. The summed E-state index contributed by atoms with van der Waals surface area (Å²) in [6.45, 7) is 8.17. The van der Waals surface area contributed by atoms with E-state index in [9.17, 15) is 4.79 Å². The van der Waals surface area contributed by atoms with Crippen LogP contribution in [0.5, 0.6) is 0 Å². The fraction of sp³-hybridized carbons (Fsp3) is 0.923. The molecule has 1 saturated heterocycles. The average molecular weight is 241 g/mol. The van der Waals surface area contributed by atoms with Gasteiger partial charge < -0.3 is 4.90 Å². The highest BCUT2D eigenvalue weighted by molar-refractivity contribution is 8.00. The summed E-state index contributed by atoms with van der Waals surface area (Å²) in [6.07, 6.45) is 4.22. The molecule has 0 aromatic heterocycles. The van der Waals surface area contributed by atoms with E-state index < -0.39 is 0 Å². The van der Waals surface area contributed by atoms with Gasteiger partial charge in [-0.05, 0) is 25.8 Å². The van der Waals surface area contributed by atoms with Crippen molar-refractivity contribution in [3.05, 3.63) is 0 Å². The monoisotopic (exact) mass is 241 g/mol. The van der Waals surface area contributed by atoms with Gasteiger partial charge in [0, 0.05) is 35.9 Å². The van der Waals surface area contributed by atoms with Crippen molar-refractivity contribution in [2.75, 3.05) is 19.6 Å². The predicted octanol–water partition coefficient (Wildman–Crippen LogP) is 2.57. The maximum atomic E-state index is 11.6. The Bertz CT molecular complexity index is 246. The molecule has 2 nitrogen and oxygen atoms in total. The van der Waals surface area contributed by atoms with Crippen LogP contribution in [0, 0.1) is 5.92 Å². The van der Waals surface area contributed by atoms with Crippen molar-refractivity contribution >= 4 is 17.5 Å². The van der Waals surface area contributed by atoms with Gasteiger partial charge in [-0.15, -0.1) is 0 Å². The second-order valence-electron chi connectivity index (χ2n) is 5.36. The topological polar surface area (TPSA) is 20.3 Å². The van der Waals surface area contributed by atoms with Gasteiger partial charge in [0.05, 0.1) is 0 Å². The lowest BCUT2D eigenvalue weighted by molar-refractivity contribution is -0.120. The van der Waals surface area contributed by atoms with E-state index in [1.54, 1.807) is 0 Å². The Kier molecular flexibility index (Phi) is 4.31. The zero-order valence-electron chi connectivity index (χ0n) is 10.4. The molecule has 0 amide bonds. The van der Waals surface area contributed by atoms with Crippen LogP contribution in [0.25, 0.3) is 0 Å². The lowest BCUT2D eigenvalue weighted by atomic mass is 10.0. The van der Waals surface area contributed by atoms with Crippen LogP contribution in [0.1, 0.15) is 39.5 Å². The molecule has 0 N–H and O–H groups in total. The Morgan fingerprint density at radius 2 is 2.00 bits per heavy atom. The molecular weight excluding hydrogens is 218 g/mol. The van der Waals surface area contributed by atoms with Gasteiger partial charge in [0.15, 0.2) is 0 Å². The normalized spacial score (nSPS) is 36.9. The van der Waals surface area contributed by atoms with E-state index >= 15 is 0 Å². The number of thioether (sulfide) groups is 1. The Morgan fingerprint density at radius 3 is 2.56 bits per heavy atom. The van der Waals surface area contributed by atoms with Crippen molar-refractivity contribution in [3.63, 3.8) is 0 Å². The summed E-state index contributed by atoms with van der Waals surface area (Å²) in [6, 6.07) is 0. The van der Waals surface area contributed by atoms with E-state index in [1.165, 1.54) is 13.1 Å². The van der Waals surface area contributed by atoms with Crippen LogP contribution in [-0.2, 0) is 4.79 Å². The van der Waals surface area contributed by atoms with Crippen LogP contribution in [0.3, 0.4) is 0 Å². The fourth-order valence-electron chi connectivity index (χ4n) is 3.00. The van der Waals surface area contributed by atoms with Crippen molar-refractivity contribution in [1.29, 1.82) is 0 Å². The van der Waals surface area contributed by atoms with Crippen molar-refractivity contribution in [2.45, 2.75) is 50.0 Å². The van der Waals surface area contributed by atoms with Crippen LogP contribution in [0.15, 0.2) is 0 Å². The summed E-state index contributed by atoms with van der Waals surface area (Å²) >= 11 is 2.10. The minimum absolute atomic E-state index is 0.389. The van der Waals surface area contributed by atoms with E-state index in [1.807, 2.05) is 0 Å². The standard InChI is InChI=1S/C13H23NOS/c1-10-8-14(9-11(2)16-10)7-6-12-4-3-5-13(12)15/h10-12H,3-9H2,1-2H3. The minimum Gasteiger partial charge on any atom is -0.301 e. The van der Waals surface area contributed by atoms with Gasteiger partial charge in [-0.25, -0.2) is 0 Å². The summed E-state index contributed by atoms with van der Waals surface area (Å²) in [5.74, 6) is 0.910. The molecule has 1 saturated carbocycles. The molecular formula is C13H23NOS. The molecule has 2 aliphatic rings. The molecule has 92 valence electrons. The summed E-state index contributed by atoms with van der Waals surface area (Å²) in [4.78, 5) is 14.1. The van der Waals surface area contributed by atoms with Gasteiger partial charge in [-0.2, -0.15) is 11.8 Å². The summed E-state index contributed by atoms with van der Waals surface area (Å²) in [7, 11) is 0. The van der Waals surface area contributed by atoms with E-state index in [0.29, 0.717) is 11.7 Å². The van der Waals surface area contributed by atoms with E-state index in [-0.39, 0.29) is 0 Å². The highest BCUT2D eigenvalue weighted by atomic mass is 32.2. The number of hydrogen-bond donors (Lipinski definition) is 0. The van der Waals surface area contributed by atoms with Gasteiger partial charge in [0.1, 0.15) is 5.78 Å². The molecule has 0 spiro atoms. The molecule has 16 heavy (non-hydrogen) atoms. The molecule has 1 heterocycles. The lowest BCUT2D eigenvalue weighted by Gasteiger charge is -2.34. The molecule has 2 fully saturated rings. The third kappa shape index (κ3) is 3.24. The van der Waals surface area contributed by atoms with Gasteiger partial charge in [-0.3, -0.25) is 4.79 Å². The molecule has 0 aromatic carbocycles. The van der Waals surface area contributed by atoms with E-state index in [4.69, 9.17) is 0 Å². The SMILES string of the molecule is CC1CN(CCC2CCCC2=O)CC(C)S1. The average Bonchev–Trinajstić information content (AvgIpc) is 2.59.